The quantitative estimate of drug-likeness (QED) is 0.507. The molecule has 0 amide bonds. The molecule has 130 valence electrons. The zero-order chi connectivity index (χ0) is 17.9. The Labute approximate surface area is 156 Å². The van der Waals surface area contributed by atoms with Gasteiger partial charge in [0.15, 0.2) is 0 Å². The predicted molar refractivity (Wildman–Crippen MR) is 108 cm³/mol. The molecule has 2 aromatic heterocycles. The maximum absolute atomic E-state index is 5.34. The highest BCUT2D eigenvalue weighted by Gasteiger charge is 2.13. The molecule has 0 saturated carbocycles. The van der Waals surface area contributed by atoms with Crippen LogP contribution in [0.3, 0.4) is 0 Å². The zero-order valence-corrected chi connectivity index (χ0v) is 15.5. The van der Waals surface area contributed by atoms with E-state index in [-0.39, 0.29) is 6.04 Å². The van der Waals surface area contributed by atoms with E-state index >= 15 is 0 Å². The number of methoxy groups -OCH3 is 1. The van der Waals surface area contributed by atoms with Crippen molar-refractivity contribution in [3.05, 3.63) is 72.6 Å². The van der Waals surface area contributed by atoms with Gasteiger partial charge in [-0.1, -0.05) is 42.5 Å². The molecule has 0 aliphatic carbocycles. The van der Waals surface area contributed by atoms with Crippen molar-refractivity contribution in [1.82, 2.24) is 9.97 Å². The highest BCUT2D eigenvalue weighted by atomic mass is 32.1. The van der Waals surface area contributed by atoms with Crippen molar-refractivity contribution in [3.8, 4) is 16.2 Å². The van der Waals surface area contributed by atoms with E-state index in [0.29, 0.717) is 0 Å². The molecule has 2 heterocycles. The van der Waals surface area contributed by atoms with E-state index in [1.165, 1.54) is 5.56 Å². The Morgan fingerprint density at radius 1 is 1.00 bits per heavy atom. The summed E-state index contributed by atoms with van der Waals surface area (Å²) in [5.74, 6) is 1.71. The number of thiophene rings is 1. The van der Waals surface area contributed by atoms with Crippen LogP contribution in [0.2, 0.25) is 0 Å². The van der Waals surface area contributed by atoms with Gasteiger partial charge in [-0.25, -0.2) is 9.97 Å². The molecule has 26 heavy (non-hydrogen) atoms. The topological polar surface area (TPSA) is 47.0 Å². The Morgan fingerprint density at radius 3 is 2.65 bits per heavy atom. The molecule has 1 unspecified atom stereocenters. The lowest BCUT2D eigenvalue weighted by Gasteiger charge is -2.15. The van der Waals surface area contributed by atoms with Gasteiger partial charge in [0.2, 0.25) is 0 Å². The summed E-state index contributed by atoms with van der Waals surface area (Å²) in [5, 5.41) is 4.56. The second kappa shape index (κ2) is 7.14. The summed E-state index contributed by atoms with van der Waals surface area (Å²) in [7, 11) is 1.68. The number of fused-ring (bicyclic) bond motifs is 1. The van der Waals surface area contributed by atoms with Gasteiger partial charge in [-0.05, 0) is 36.2 Å². The smallest absolute Gasteiger partial charge is 0.138 e. The van der Waals surface area contributed by atoms with E-state index in [2.05, 4.69) is 58.6 Å². The molecular weight excluding hydrogens is 342 g/mol. The van der Waals surface area contributed by atoms with E-state index in [9.17, 15) is 0 Å². The van der Waals surface area contributed by atoms with Crippen LogP contribution < -0.4 is 10.1 Å². The highest BCUT2D eigenvalue weighted by Crippen LogP contribution is 2.36. The average Bonchev–Trinajstić information content (AvgIpc) is 3.14. The van der Waals surface area contributed by atoms with Crippen LogP contribution in [0, 0.1) is 0 Å². The van der Waals surface area contributed by atoms with Crippen LogP contribution in [0.4, 0.5) is 5.82 Å². The molecule has 2 aromatic carbocycles. The number of aromatic nitrogens is 2. The Balaban J connectivity index is 1.69. The fourth-order valence-electron chi connectivity index (χ4n) is 2.92. The normalized spacial score (nSPS) is 12.1. The average molecular weight is 361 g/mol. The molecule has 1 N–H and O–H groups in total. The van der Waals surface area contributed by atoms with Gasteiger partial charge in [0.1, 0.15) is 22.7 Å². The summed E-state index contributed by atoms with van der Waals surface area (Å²) in [6, 6.07) is 20.7. The molecule has 0 aliphatic rings. The van der Waals surface area contributed by atoms with Gasteiger partial charge < -0.3 is 10.1 Å². The monoisotopic (exact) mass is 361 g/mol. The van der Waals surface area contributed by atoms with Gasteiger partial charge in [0, 0.05) is 10.9 Å². The van der Waals surface area contributed by atoms with Crippen molar-refractivity contribution in [2.24, 2.45) is 0 Å². The van der Waals surface area contributed by atoms with Crippen LogP contribution in [-0.4, -0.2) is 17.1 Å². The summed E-state index contributed by atoms with van der Waals surface area (Å²) >= 11 is 1.66. The van der Waals surface area contributed by atoms with Crippen LogP contribution in [0.5, 0.6) is 5.75 Å². The van der Waals surface area contributed by atoms with Crippen LogP contribution in [0.15, 0.2) is 67.0 Å². The van der Waals surface area contributed by atoms with Crippen LogP contribution in [-0.2, 0) is 0 Å². The molecule has 0 fully saturated rings. The van der Waals surface area contributed by atoms with Crippen molar-refractivity contribution in [1.29, 1.82) is 0 Å². The van der Waals surface area contributed by atoms with E-state index in [1.54, 1.807) is 24.8 Å². The molecule has 0 spiro atoms. The van der Waals surface area contributed by atoms with Crippen molar-refractivity contribution in [3.63, 3.8) is 0 Å². The number of rotatable bonds is 5. The summed E-state index contributed by atoms with van der Waals surface area (Å²) in [4.78, 5) is 11.0. The molecule has 1 atom stereocenters. The number of hydrogen-bond donors (Lipinski definition) is 1. The van der Waals surface area contributed by atoms with Crippen LogP contribution >= 0.6 is 11.3 Å². The maximum Gasteiger partial charge on any atom is 0.138 e. The van der Waals surface area contributed by atoms with Crippen molar-refractivity contribution >= 4 is 27.4 Å². The van der Waals surface area contributed by atoms with E-state index < -0.39 is 0 Å². The second-order valence-corrected chi connectivity index (χ2v) is 7.09. The van der Waals surface area contributed by atoms with E-state index in [1.807, 2.05) is 24.3 Å². The Morgan fingerprint density at radius 2 is 1.85 bits per heavy atom. The standard InChI is InChI=1S/C21H19N3OS/c1-14(15-7-4-3-5-8-15)24-20-18-12-19(26-21(18)23-13-22-20)16-9-6-10-17(11-16)25-2/h3-14H,1-2H3,(H,22,23,24). The van der Waals surface area contributed by atoms with Gasteiger partial charge in [-0.2, -0.15) is 0 Å². The van der Waals surface area contributed by atoms with Gasteiger partial charge in [-0.3, -0.25) is 0 Å². The minimum atomic E-state index is 0.162. The number of nitrogens with zero attached hydrogens (tertiary/aromatic N) is 2. The minimum Gasteiger partial charge on any atom is -0.497 e. The lowest BCUT2D eigenvalue weighted by Crippen LogP contribution is -2.08. The van der Waals surface area contributed by atoms with Crippen molar-refractivity contribution in [2.45, 2.75) is 13.0 Å². The first kappa shape index (κ1) is 16.5. The molecule has 0 bridgehead atoms. The summed E-state index contributed by atoms with van der Waals surface area (Å²) in [5.41, 5.74) is 2.34. The summed E-state index contributed by atoms with van der Waals surface area (Å²) in [6.07, 6.45) is 1.62. The molecule has 5 heteroatoms. The highest BCUT2D eigenvalue weighted by molar-refractivity contribution is 7.21. The van der Waals surface area contributed by atoms with Crippen molar-refractivity contribution < 1.29 is 4.74 Å². The Kier molecular flexibility index (Phi) is 4.54. The molecule has 0 aliphatic heterocycles. The lowest BCUT2D eigenvalue weighted by molar-refractivity contribution is 0.415. The number of benzene rings is 2. The minimum absolute atomic E-state index is 0.162. The third kappa shape index (κ3) is 3.26. The van der Waals surface area contributed by atoms with E-state index in [0.717, 1.165) is 32.2 Å². The lowest BCUT2D eigenvalue weighted by atomic mass is 10.1. The van der Waals surface area contributed by atoms with Gasteiger partial charge in [-0.15, -0.1) is 11.3 Å². The van der Waals surface area contributed by atoms with Crippen molar-refractivity contribution in [2.75, 3.05) is 12.4 Å². The fraction of sp³-hybridized carbons (Fsp3) is 0.143. The number of hydrogen-bond acceptors (Lipinski definition) is 5. The van der Waals surface area contributed by atoms with Crippen LogP contribution in [0.25, 0.3) is 20.7 Å². The third-order valence-electron chi connectivity index (χ3n) is 4.34. The predicted octanol–water partition coefficient (Wildman–Crippen LogP) is 5.54. The molecular formula is C21H19N3OS. The summed E-state index contributed by atoms with van der Waals surface area (Å²) in [6.45, 7) is 2.14. The first-order valence-electron chi connectivity index (χ1n) is 8.45. The number of nitrogens with one attached hydrogen (secondary N) is 1. The molecule has 0 saturated heterocycles. The maximum atomic E-state index is 5.34. The van der Waals surface area contributed by atoms with Crippen LogP contribution in [0.1, 0.15) is 18.5 Å². The molecule has 4 aromatic rings. The van der Waals surface area contributed by atoms with E-state index in [4.69, 9.17) is 4.74 Å². The molecule has 4 rings (SSSR count). The van der Waals surface area contributed by atoms with Gasteiger partial charge in [0.05, 0.1) is 12.5 Å². The number of ether oxygens (including phenoxy) is 1. The number of anilines is 1. The summed E-state index contributed by atoms with van der Waals surface area (Å²) < 4.78 is 5.34. The first-order valence-corrected chi connectivity index (χ1v) is 9.26. The SMILES string of the molecule is COc1cccc(-c2cc3c(NC(C)c4ccccc4)ncnc3s2)c1. The largest absolute Gasteiger partial charge is 0.497 e. The molecule has 0 radical (unpaired) electrons. The Bertz CT molecular complexity index is 1030. The van der Waals surface area contributed by atoms with Gasteiger partial charge >= 0.3 is 0 Å². The zero-order valence-electron chi connectivity index (χ0n) is 14.6. The Hall–Kier alpha value is -2.92. The fourth-order valence-corrected chi connectivity index (χ4v) is 3.91. The third-order valence-corrected chi connectivity index (χ3v) is 5.43. The second-order valence-electron chi connectivity index (χ2n) is 6.06. The first-order chi connectivity index (χ1) is 12.7. The van der Waals surface area contributed by atoms with Gasteiger partial charge in [0.25, 0.3) is 0 Å². The molecule has 4 nitrogen and oxygen atoms in total.